The monoisotopic (exact) mass is 490 g/mol. The minimum absolute atomic E-state index is 0.00969. The Morgan fingerprint density at radius 1 is 1.07 bits per heavy atom. The number of benzene rings is 2. The van der Waals surface area contributed by atoms with Gasteiger partial charge in [-0.1, -0.05) is 52.9 Å². The highest BCUT2D eigenvalue weighted by Gasteiger charge is 2.43. The van der Waals surface area contributed by atoms with Gasteiger partial charge < -0.3 is 4.90 Å². The number of fused-ring (bicyclic) bond motifs is 4. The van der Waals surface area contributed by atoms with Crippen LogP contribution < -0.4 is 9.62 Å². The van der Waals surface area contributed by atoms with Crippen LogP contribution in [0.1, 0.15) is 55.2 Å². The summed E-state index contributed by atoms with van der Waals surface area (Å²) >= 11 is 3.66. The maximum Gasteiger partial charge on any atom is 0.235 e. The van der Waals surface area contributed by atoms with Gasteiger partial charge in [0.05, 0.1) is 6.26 Å². The summed E-state index contributed by atoms with van der Waals surface area (Å²) in [5.74, 6) is -0.484. The van der Waals surface area contributed by atoms with E-state index in [1.54, 1.807) is 0 Å². The lowest BCUT2D eigenvalue weighted by Gasteiger charge is -2.48. The lowest BCUT2D eigenvalue weighted by atomic mass is 9.62. The van der Waals surface area contributed by atoms with Crippen LogP contribution in [-0.4, -0.2) is 27.1 Å². The van der Waals surface area contributed by atoms with Gasteiger partial charge >= 0.3 is 0 Å². The second kappa shape index (κ2) is 8.00. The van der Waals surface area contributed by atoms with Crippen molar-refractivity contribution >= 4 is 43.2 Å². The van der Waals surface area contributed by atoms with Gasteiger partial charge in [-0.15, -0.1) is 0 Å². The number of hydrogen-bond donors (Lipinski definition) is 1. The van der Waals surface area contributed by atoms with Crippen LogP contribution in [0.25, 0.3) is 0 Å². The highest BCUT2D eigenvalue weighted by molar-refractivity contribution is 9.10. The van der Waals surface area contributed by atoms with Crippen molar-refractivity contribution in [2.75, 3.05) is 17.7 Å². The van der Waals surface area contributed by atoms with Crippen LogP contribution in [0, 0.1) is 6.92 Å². The van der Waals surface area contributed by atoms with Crippen LogP contribution in [0.4, 0.5) is 11.4 Å². The van der Waals surface area contributed by atoms with Gasteiger partial charge in [-0.2, -0.15) is 0 Å². The molecule has 1 aliphatic carbocycles. The van der Waals surface area contributed by atoms with Crippen LogP contribution >= 0.6 is 15.9 Å². The smallest absolute Gasteiger partial charge is 0.235 e. The number of hydrogen-bond acceptors (Lipinski definition) is 4. The largest absolute Gasteiger partial charge is 0.340 e. The van der Waals surface area contributed by atoms with Crippen molar-refractivity contribution in [3.63, 3.8) is 0 Å². The third-order valence-corrected chi connectivity index (χ3v) is 7.38. The highest BCUT2D eigenvalue weighted by Crippen LogP contribution is 2.56. The van der Waals surface area contributed by atoms with E-state index in [0.29, 0.717) is 6.54 Å². The van der Waals surface area contributed by atoms with E-state index < -0.39 is 15.9 Å². The van der Waals surface area contributed by atoms with Crippen molar-refractivity contribution in [3.05, 3.63) is 57.6 Å². The van der Waals surface area contributed by atoms with Crippen molar-refractivity contribution in [1.82, 2.24) is 4.72 Å². The molecule has 2 aromatic carbocycles. The molecule has 1 spiro atoms. The fourth-order valence-electron chi connectivity index (χ4n) is 5.08. The van der Waals surface area contributed by atoms with Crippen molar-refractivity contribution in [2.45, 2.75) is 50.9 Å². The Morgan fingerprint density at radius 2 is 1.70 bits per heavy atom. The molecule has 1 fully saturated rings. The minimum atomic E-state index is -3.56. The first kappa shape index (κ1) is 21.4. The van der Waals surface area contributed by atoms with Crippen LogP contribution in [0.5, 0.6) is 0 Å². The summed E-state index contributed by atoms with van der Waals surface area (Å²) in [6.07, 6.45) is 7.02. The molecule has 0 atom stereocenters. The number of amides is 1. The quantitative estimate of drug-likeness (QED) is 0.659. The number of nitrogens with one attached hydrogen (secondary N) is 1. The zero-order valence-corrected chi connectivity index (χ0v) is 19.8. The summed E-state index contributed by atoms with van der Waals surface area (Å²) in [4.78, 5) is 14.4. The van der Waals surface area contributed by atoms with E-state index in [9.17, 15) is 13.2 Å². The predicted molar refractivity (Wildman–Crippen MR) is 124 cm³/mol. The molecule has 1 heterocycles. The molecule has 0 bridgehead atoms. The summed E-state index contributed by atoms with van der Waals surface area (Å²) in [6, 6.07) is 13.0. The van der Waals surface area contributed by atoms with E-state index in [1.807, 2.05) is 6.07 Å². The summed E-state index contributed by atoms with van der Waals surface area (Å²) in [5.41, 5.74) is 6.10. The number of carbonyl (C=O) groups excluding carboxylic acids is 1. The Morgan fingerprint density at radius 3 is 2.37 bits per heavy atom. The van der Waals surface area contributed by atoms with Crippen molar-refractivity contribution in [1.29, 1.82) is 0 Å². The van der Waals surface area contributed by atoms with E-state index in [0.717, 1.165) is 34.9 Å². The number of nitrogens with zero attached hydrogens (tertiary/aromatic N) is 1. The number of rotatable bonds is 4. The minimum Gasteiger partial charge on any atom is -0.340 e. The molecule has 5 nitrogen and oxygen atoms in total. The van der Waals surface area contributed by atoms with Gasteiger partial charge in [0.25, 0.3) is 0 Å². The number of aryl methyl sites for hydroxylation is 1. The fraction of sp³-hybridized carbons (Fsp3) is 0.435. The second-order valence-corrected chi connectivity index (χ2v) is 11.2. The Labute approximate surface area is 187 Å². The summed E-state index contributed by atoms with van der Waals surface area (Å²) in [5, 5.41) is 0. The average Bonchev–Trinajstić information content (AvgIpc) is 2.68. The standard InChI is InChI=1S/C23H27BrN2O3S/c1-16-6-8-20-18(14-16)23(11-4-3-5-12-23)19-15-17(24)7-9-21(19)26(20)13-10-22(27)25-30(2,28)29/h6-9,14-15H,3-5,10-13H2,1-2H3,(H,25,27). The molecule has 2 aromatic rings. The van der Waals surface area contributed by atoms with Crippen molar-refractivity contribution < 1.29 is 13.2 Å². The van der Waals surface area contributed by atoms with Crippen LogP contribution in [-0.2, 0) is 20.2 Å². The summed E-state index contributed by atoms with van der Waals surface area (Å²) < 4.78 is 26.0. The van der Waals surface area contributed by atoms with Gasteiger partial charge in [-0.05, 0) is 55.2 Å². The molecule has 1 aliphatic heterocycles. The maximum atomic E-state index is 12.2. The van der Waals surface area contributed by atoms with E-state index >= 15 is 0 Å². The van der Waals surface area contributed by atoms with Crippen LogP contribution in [0.3, 0.4) is 0 Å². The summed E-state index contributed by atoms with van der Waals surface area (Å²) in [7, 11) is -3.56. The molecule has 160 valence electrons. The number of anilines is 2. The van der Waals surface area contributed by atoms with Gasteiger partial charge in [0.2, 0.25) is 15.9 Å². The van der Waals surface area contributed by atoms with Gasteiger partial charge in [0, 0.05) is 34.2 Å². The zero-order valence-electron chi connectivity index (χ0n) is 17.4. The average molecular weight is 491 g/mol. The SMILES string of the molecule is Cc1ccc2c(c1)C1(CCCCC1)c1cc(Br)ccc1N2CCC(=O)NS(C)(=O)=O. The molecular weight excluding hydrogens is 464 g/mol. The summed E-state index contributed by atoms with van der Waals surface area (Å²) in [6.45, 7) is 2.54. The lowest BCUT2D eigenvalue weighted by Crippen LogP contribution is -2.40. The third kappa shape index (κ3) is 4.02. The van der Waals surface area contributed by atoms with Crippen molar-refractivity contribution in [2.24, 2.45) is 0 Å². The molecule has 0 radical (unpaired) electrons. The van der Waals surface area contributed by atoms with E-state index in [2.05, 4.69) is 62.8 Å². The topological polar surface area (TPSA) is 66.5 Å². The molecule has 1 N–H and O–H groups in total. The number of halogens is 1. The molecule has 1 saturated carbocycles. The Kier molecular flexibility index (Phi) is 5.70. The van der Waals surface area contributed by atoms with Gasteiger partial charge in [0.1, 0.15) is 0 Å². The molecule has 7 heteroatoms. The molecule has 2 aliphatic rings. The first-order valence-electron chi connectivity index (χ1n) is 10.4. The van der Waals surface area contributed by atoms with Gasteiger partial charge in [-0.3, -0.25) is 9.52 Å². The van der Waals surface area contributed by atoms with Gasteiger partial charge in [0.15, 0.2) is 0 Å². The fourth-order valence-corrected chi connectivity index (χ4v) is 5.95. The molecule has 0 unspecified atom stereocenters. The van der Waals surface area contributed by atoms with Gasteiger partial charge in [-0.25, -0.2) is 8.42 Å². The number of carbonyl (C=O) groups is 1. The molecule has 0 aromatic heterocycles. The first-order chi connectivity index (χ1) is 14.2. The van der Waals surface area contributed by atoms with Crippen molar-refractivity contribution in [3.8, 4) is 0 Å². The van der Waals surface area contributed by atoms with Crippen LogP contribution in [0.2, 0.25) is 0 Å². The molecule has 30 heavy (non-hydrogen) atoms. The normalized spacial score (nSPS) is 17.4. The Balaban J connectivity index is 1.79. The molecular formula is C23H27BrN2O3S. The van der Waals surface area contributed by atoms with E-state index in [4.69, 9.17) is 0 Å². The zero-order chi connectivity index (χ0) is 21.5. The third-order valence-electron chi connectivity index (χ3n) is 6.29. The molecule has 0 saturated heterocycles. The Bertz CT molecular complexity index is 1040. The molecule has 1 amide bonds. The van der Waals surface area contributed by atoms with E-state index in [-0.39, 0.29) is 11.8 Å². The Hall–Kier alpha value is -1.86. The lowest BCUT2D eigenvalue weighted by molar-refractivity contribution is -0.119. The van der Waals surface area contributed by atoms with E-state index in [1.165, 1.54) is 36.0 Å². The van der Waals surface area contributed by atoms with Crippen LogP contribution in [0.15, 0.2) is 40.9 Å². The molecule has 4 rings (SSSR count). The predicted octanol–water partition coefficient (Wildman–Crippen LogP) is 4.93. The second-order valence-electron chi connectivity index (χ2n) is 8.52. The first-order valence-corrected chi connectivity index (χ1v) is 13.1. The highest BCUT2D eigenvalue weighted by atomic mass is 79.9. The maximum absolute atomic E-state index is 12.2. The number of sulfonamides is 1.